The number of piperazine rings is 1. The van der Waals surface area contributed by atoms with Gasteiger partial charge in [-0.25, -0.2) is 4.79 Å². The third-order valence-corrected chi connectivity index (χ3v) is 6.13. The van der Waals surface area contributed by atoms with Gasteiger partial charge in [-0.2, -0.15) is 0 Å². The molecule has 1 fully saturated rings. The summed E-state index contributed by atoms with van der Waals surface area (Å²) in [5.41, 5.74) is 7.27. The first-order valence-electron chi connectivity index (χ1n) is 10.9. The van der Waals surface area contributed by atoms with Gasteiger partial charge in [0.25, 0.3) is 0 Å². The SMILES string of the molecule is Cc1c(CN2CCN(C(=O)OC(C)(C)C)CC2)cc(B(O)O)c(C)c1C#C[Si](C)(C)C. The Labute approximate surface area is 188 Å². The second kappa shape index (κ2) is 9.78. The molecular weight excluding hydrogens is 407 g/mol. The van der Waals surface area contributed by atoms with Crippen LogP contribution in [-0.2, 0) is 11.3 Å². The minimum absolute atomic E-state index is 0.270. The molecule has 1 saturated heterocycles. The fourth-order valence-electron chi connectivity index (χ4n) is 3.52. The lowest BCUT2D eigenvalue weighted by atomic mass is 9.74. The van der Waals surface area contributed by atoms with Crippen molar-refractivity contribution in [2.24, 2.45) is 0 Å². The van der Waals surface area contributed by atoms with E-state index in [2.05, 4.69) is 42.9 Å². The van der Waals surface area contributed by atoms with Crippen LogP contribution in [0.1, 0.15) is 43.0 Å². The van der Waals surface area contributed by atoms with Crippen molar-refractivity contribution < 1.29 is 19.6 Å². The lowest BCUT2D eigenvalue weighted by Crippen LogP contribution is -2.49. The molecule has 0 atom stereocenters. The predicted molar refractivity (Wildman–Crippen MR) is 129 cm³/mol. The third kappa shape index (κ3) is 7.39. The molecular formula is C23H37BN2O4Si. The van der Waals surface area contributed by atoms with Gasteiger partial charge >= 0.3 is 13.2 Å². The Bertz CT molecular complexity index is 871. The van der Waals surface area contributed by atoms with Crippen LogP contribution in [0, 0.1) is 25.3 Å². The molecule has 1 heterocycles. The summed E-state index contributed by atoms with van der Waals surface area (Å²) < 4.78 is 5.48. The molecule has 0 aliphatic carbocycles. The Hall–Kier alpha value is -1.79. The molecule has 31 heavy (non-hydrogen) atoms. The quantitative estimate of drug-likeness (QED) is 0.553. The Kier molecular flexibility index (Phi) is 8.04. The highest BCUT2D eigenvalue weighted by atomic mass is 28.3. The molecule has 8 heteroatoms. The number of carbonyl (C=O) groups is 1. The van der Waals surface area contributed by atoms with Crippen LogP contribution in [0.3, 0.4) is 0 Å². The summed E-state index contributed by atoms with van der Waals surface area (Å²) in [6.07, 6.45) is -0.270. The van der Waals surface area contributed by atoms with E-state index in [0.717, 1.165) is 35.3 Å². The molecule has 0 bridgehead atoms. The van der Waals surface area contributed by atoms with E-state index in [1.165, 1.54) is 0 Å². The van der Waals surface area contributed by atoms with Crippen molar-refractivity contribution >= 4 is 26.7 Å². The topological polar surface area (TPSA) is 73.2 Å². The maximum Gasteiger partial charge on any atom is 0.488 e. The van der Waals surface area contributed by atoms with E-state index >= 15 is 0 Å². The van der Waals surface area contributed by atoms with Crippen LogP contribution in [0.5, 0.6) is 0 Å². The first-order valence-corrected chi connectivity index (χ1v) is 14.4. The van der Waals surface area contributed by atoms with E-state index in [1.807, 2.05) is 33.8 Å². The summed E-state index contributed by atoms with van der Waals surface area (Å²) in [5.74, 6) is 3.34. The van der Waals surface area contributed by atoms with Crippen molar-refractivity contribution in [3.8, 4) is 11.5 Å². The smallest absolute Gasteiger partial charge is 0.444 e. The number of carbonyl (C=O) groups excluding carboxylic acids is 1. The standard InChI is InChI=1S/C23H37BN2O4Si/c1-17-19(15-21(24(28)29)18(2)20(17)9-14-31(6,7)8)16-25-10-12-26(13-11-25)22(27)30-23(3,4)5/h15,28-29H,10-13,16H2,1-8H3. The van der Waals surface area contributed by atoms with Crippen molar-refractivity contribution in [3.05, 3.63) is 28.3 Å². The van der Waals surface area contributed by atoms with Crippen molar-refractivity contribution in [2.75, 3.05) is 26.2 Å². The number of rotatable bonds is 3. The molecule has 6 nitrogen and oxygen atoms in total. The van der Waals surface area contributed by atoms with Crippen LogP contribution in [-0.4, -0.2) is 72.9 Å². The molecule has 2 N–H and O–H groups in total. The molecule has 0 spiro atoms. The van der Waals surface area contributed by atoms with Crippen molar-refractivity contribution in [3.63, 3.8) is 0 Å². The summed E-state index contributed by atoms with van der Waals surface area (Å²) in [4.78, 5) is 16.3. The van der Waals surface area contributed by atoms with Gasteiger partial charge in [0.1, 0.15) is 13.7 Å². The summed E-state index contributed by atoms with van der Waals surface area (Å²) in [6.45, 7) is 19.5. The van der Waals surface area contributed by atoms with E-state index in [9.17, 15) is 14.8 Å². The van der Waals surface area contributed by atoms with Crippen molar-refractivity contribution in [1.82, 2.24) is 9.80 Å². The number of ether oxygens (including phenoxy) is 1. The molecule has 1 aliphatic rings. The van der Waals surface area contributed by atoms with Crippen LogP contribution in [0.15, 0.2) is 6.07 Å². The second-order valence-corrected chi connectivity index (χ2v) is 15.1. The molecule has 0 unspecified atom stereocenters. The zero-order chi connectivity index (χ0) is 23.6. The summed E-state index contributed by atoms with van der Waals surface area (Å²) in [6, 6.07) is 1.88. The minimum atomic E-state index is -1.57. The number of hydrogen-bond donors (Lipinski definition) is 2. The van der Waals surface area contributed by atoms with Gasteiger partial charge in [0, 0.05) is 38.3 Å². The molecule has 1 aromatic rings. The van der Waals surface area contributed by atoms with E-state index in [1.54, 1.807) is 4.90 Å². The van der Waals surface area contributed by atoms with Gasteiger partial charge in [-0.15, -0.1) is 5.54 Å². The largest absolute Gasteiger partial charge is 0.488 e. The van der Waals surface area contributed by atoms with E-state index < -0.39 is 20.8 Å². The van der Waals surface area contributed by atoms with Gasteiger partial charge in [0.2, 0.25) is 0 Å². The number of benzene rings is 1. The molecule has 170 valence electrons. The molecule has 0 saturated carbocycles. The summed E-state index contributed by atoms with van der Waals surface area (Å²) in [7, 11) is -3.10. The van der Waals surface area contributed by atoms with Crippen molar-refractivity contribution in [1.29, 1.82) is 0 Å². The Morgan fingerprint density at radius 2 is 1.71 bits per heavy atom. The van der Waals surface area contributed by atoms with Crippen LogP contribution in [0.2, 0.25) is 19.6 Å². The van der Waals surface area contributed by atoms with Crippen molar-refractivity contribution in [2.45, 2.75) is 66.4 Å². The Morgan fingerprint density at radius 3 is 2.19 bits per heavy atom. The van der Waals surface area contributed by atoms with Gasteiger partial charge in [-0.05, 0) is 56.8 Å². The van der Waals surface area contributed by atoms with E-state index in [-0.39, 0.29) is 6.09 Å². The first kappa shape index (κ1) is 25.5. The van der Waals surface area contributed by atoms with E-state index in [0.29, 0.717) is 25.1 Å². The summed E-state index contributed by atoms with van der Waals surface area (Å²) >= 11 is 0. The summed E-state index contributed by atoms with van der Waals surface area (Å²) in [5, 5.41) is 19.8. The third-order valence-electron chi connectivity index (χ3n) is 5.25. The monoisotopic (exact) mass is 444 g/mol. The highest BCUT2D eigenvalue weighted by molar-refractivity contribution is 6.83. The van der Waals surface area contributed by atoms with Gasteiger partial charge in [0.15, 0.2) is 0 Å². The molecule has 1 aromatic carbocycles. The molecule has 2 rings (SSSR count). The normalized spacial score (nSPS) is 15.4. The fourth-order valence-corrected chi connectivity index (χ4v) is 4.02. The maximum atomic E-state index is 12.3. The zero-order valence-corrected chi connectivity index (χ0v) is 21.3. The van der Waals surface area contributed by atoms with Gasteiger partial charge in [-0.1, -0.05) is 31.6 Å². The lowest BCUT2D eigenvalue weighted by Gasteiger charge is -2.36. The maximum absolute atomic E-state index is 12.3. The van der Waals surface area contributed by atoms with Gasteiger partial charge in [0.05, 0.1) is 0 Å². The van der Waals surface area contributed by atoms with Crippen LogP contribution in [0.25, 0.3) is 0 Å². The highest BCUT2D eigenvalue weighted by Gasteiger charge is 2.27. The molecule has 1 amide bonds. The first-order chi connectivity index (χ1) is 14.2. The average Bonchev–Trinajstić information content (AvgIpc) is 2.61. The van der Waals surface area contributed by atoms with Crippen LogP contribution in [0.4, 0.5) is 4.79 Å². The van der Waals surface area contributed by atoms with Gasteiger partial charge < -0.3 is 19.7 Å². The van der Waals surface area contributed by atoms with Crippen LogP contribution >= 0.6 is 0 Å². The number of nitrogens with zero attached hydrogens (tertiary/aromatic N) is 2. The second-order valence-electron chi connectivity index (χ2n) is 10.4. The number of amides is 1. The molecule has 1 aliphatic heterocycles. The lowest BCUT2D eigenvalue weighted by molar-refractivity contribution is 0.0139. The Balaban J connectivity index is 2.21. The highest BCUT2D eigenvalue weighted by Crippen LogP contribution is 2.20. The Morgan fingerprint density at radius 1 is 1.13 bits per heavy atom. The number of hydrogen-bond acceptors (Lipinski definition) is 5. The van der Waals surface area contributed by atoms with E-state index in [4.69, 9.17) is 4.74 Å². The average molecular weight is 444 g/mol. The van der Waals surface area contributed by atoms with Gasteiger partial charge in [-0.3, -0.25) is 4.90 Å². The molecule has 0 radical (unpaired) electrons. The fraction of sp³-hybridized carbons (Fsp3) is 0.609. The predicted octanol–water partition coefficient (Wildman–Crippen LogP) is 2.26. The molecule has 0 aromatic heterocycles. The minimum Gasteiger partial charge on any atom is -0.444 e. The van der Waals surface area contributed by atoms with Crippen LogP contribution < -0.4 is 5.46 Å². The zero-order valence-electron chi connectivity index (χ0n) is 20.3.